The maximum atomic E-state index is 12.0. The van der Waals surface area contributed by atoms with Gasteiger partial charge >= 0.3 is 5.97 Å². The van der Waals surface area contributed by atoms with E-state index in [-0.39, 0.29) is 28.5 Å². The van der Waals surface area contributed by atoms with E-state index < -0.39 is 15.8 Å². The van der Waals surface area contributed by atoms with Gasteiger partial charge in [0.25, 0.3) is 0 Å². The highest BCUT2D eigenvalue weighted by atomic mass is 32.2. The Morgan fingerprint density at radius 3 is 2.64 bits per heavy atom. The lowest BCUT2D eigenvalue weighted by Gasteiger charge is -2.09. The van der Waals surface area contributed by atoms with Crippen molar-refractivity contribution in [2.24, 2.45) is 0 Å². The van der Waals surface area contributed by atoms with Gasteiger partial charge in [0.05, 0.1) is 18.6 Å². The second-order valence-corrected chi connectivity index (χ2v) is 6.36. The van der Waals surface area contributed by atoms with Crippen LogP contribution in [-0.2, 0) is 14.6 Å². The van der Waals surface area contributed by atoms with E-state index in [4.69, 9.17) is 9.47 Å². The molecular weight excluding hydrogens is 310 g/mol. The van der Waals surface area contributed by atoms with Gasteiger partial charge in [-0.2, -0.15) is 10.3 Å². The van der Waals surface area contributed by atoms with Crippen LogP contribution >= 0.6 is 0 Å². The van der Waals surface area contributed by atoms with Gasteiger partial charge in [-0.05, 0) is 25.1 Å². The van der Waals surface area contributed by atoms with Crippen LogP contribution in [0.4, 0.5) is 0 Å². The first-order chi connectivity index (χ1) is 10.4. The lowest BCUT2D eigenvalue weighted by Crippen LogP contribution is -2.08. The minimum absolute atomic E-state index is 0.00806. The molecule has 1 aromatic carbocycles. The largest absolute Gasteiger partial charge is 0.497 e. The van der Waals surface area contributed by atoms with Crippen LogP contribution in [0.3, 0.4) is 0 Å². The number of sulfone groups is 1. The summed E-state index contributed by atoms with van der Waals surface area (Å²) in [6.07, 6.45) is 1.06. The van der Waals surface area contributed by atoms with Crippen LogP contribution in [0.5, 0.6) is 5.75 Å². The van der Waals surface area contributed by atoms with E-state index in [0.717, 1.165) is 6.26 Å². The third-order valence-electron chi connectivity index (χ3n) is 2.86. The first-order valence-electron chi connectivity index (χ1n) is 6.34. The van der Waals surface area contributed by atoms with Gasteiger partial charge in [-0.25, -0.2) is 13.2 Å². The van der Waals surface area contributed by atoms with Crippen LogP contribution in [0.2, 0.25) is 0 Å². The Kier molecular flexibility index (Phi) is 4.45. The standard InChI is InChI=1S/C13H15N3O5S/c1-4-21-13(17)12-11(14-16-15-12)9-6-5-8(20-2)7-10(9)22(3,18)19/h5-7H,4H2,1-3H3,(H,14,15,16). The van der Waals surface area contributed by atoms with Gasteiger partial charge in [0.2, 0.25) is 0 Å². The average molecular weight is 325 g/mol. The number of rotatable bonds is 5. The predicted molar refractivity (Wildman–Crippen MR) is 77.4 cm³/mol. The monoisotopic (exact) mass is 325 g/mol. The summed E-state index contributed by atoms with van der Waals surface area (Å²) in [5, 5.41) is 9.93. The fourth-order valence-electron chi connectivity index (χ4n) is 1.89. The summed E-state index contributed by atoms with van der Waals surface area (Å²) >= 11 is 0. The van der Waals surface area contributed by atoms with E-state index in [1.54, 1.807) is 13.0 Å². The molecule has 1 heterocycles. The van der Waals surface area contributed by atoms with Crippen molar-refractivity contribution in [3.05, 3.63) is 23.9 Å². The quantitative estimate of drug-likeness (QED) is 0.818. The summed E-state index contributed by atoms with van der Waals surface area (Å²) in [4.78, 5) is 11.9. The summed E-state index contributed by atoms with van der Waals surface area (Å²) in [6, 6.07) is 4.46. The molecule has 0 aliphatic carbocycles. The number of aromatic nitrogens is 3. The highest BCUT2D eigenvalue weighted by Crippen LogP contribution is 2.31. The average Bonchev–Trinajstić information content (AvgIpc) is 2.95. The Balaban J connectivity index is 2.64. The van der Waals surface area contributed by atoms with Crippen molar-refractivity contribution in [1.82, 2.24) is 15.4 Å². The molecule has 8 nitrogen and oxygen atoms in total. The number of carbonyl (C=O) groups excluding carboxylic acids is 1. The Bertz CT molecular complexity index is 798. The number of carbonyl (C=O) groups is 1. The zero-order valence-corrected chi connectivity index (χ0v) is 13.1. The summed E-state index contributed by atoms with van der Waals surface area (Å²) in [5.74, 6) is -0.299. The van der Waals surface area contributed by atoms with Crippen molar-refractivity contribution in [1.29, 1.82) is 0 Å². The molecule has 1 N–H and O–H groups in total. The number of hydrogen-bond donors (Lipinski definition) is 1. The summed E-state index contributed by atoms with van der Waals surface area (Å²) in [5.41, 5.74) is 0.290. The molecule has 118 valence electrons. The Morgan fingerprint density at radius 1 is 1.32 bits per heavy atom. The molecule has 0 aliphatic heterocycles. The SMILES string of the molecule is CCOC(=O)c1n[nH]nc1-c1ccc(OC)cc1S(C)(=O)=O. The lowest BCUT2D eigenvalue weighted by molar-refractivity contribution is 0.0520. The molecule has 0 atom stereocenters. The molecule has 0 aliphatic rings. The van der Waals surface area contributed by atoms with Gasteiger partial charge in [-0.15, -0.1) is 5.10 Å². The third-order valence-corrected chi connectivity index (χ3v) is 4.00. The second-order valence-electron chi connectivity index (χ2n) is 4.38. The summed E-state index contributed by atoms with van der Waals surface area (Å²) in [7, 11) is -2.13. The summed E-state index contributed by atoms with van der Waals surface area (Å²) in [6.45, 7) is 1.83. The normalized spacial score (nSPS) is 11.2. The third kappa shape index (κ3) is 3.08. The molecule has 0 amide bonds. The number of nitrogens with zero attached hydrogens (tertiary/aromatic N) is 2. The maximum absolute atomic E-state index is 12.0. The molecule has 9 heteroatoms. The van der Waals surface area contributed by atoms with E-state index in [9.17, 15) is 13.2 Å². The fraction of sp³-hybridized carbons (Fsp3) is 0.308. The zero-order chi connectivity index (χ0) is 16.3. The van der Waals surface area contributed by atoms with E-state index in [1.165, 1.54) is 19.2 Å². The first-order valence-corrected chi connectivity index (χ1v) is 8.24. The molecule has 22 heavy (non-hydrogen) atoms. The van der Waals surface area contributed by atoms with E-state index in [0.29, 0.717) is 5.75 Å². The van der Waals surface area contributed by atoms with Gasteiger partial charge in [0, 0.05) is 11.8 Å². The molecule has 1 aromatic heterocycles. The molecule has 0 saturated carbocycles. The topological polar surface area (TPSA) is 111 Å². The van der Waals surface area contributed by atoms with Crippen molar-refractivity contribution in [2.75, 3.05) is 20.0 Å². The molecule has 0 radical (unpaired) electrons. The summed E-state index contributed by atoms with van der Waals surface area (Å²) < 4.78 is 33.9. The Labute approximate surface area is 127 Å². The van der Waals surface area contributed by atoms with Crippen molar-refractivity contribution >= 4 is 15.8 Å². The van der Waals surface area contributed by atoms with Crippen molar-refractivity contribution in [3.63, 3.8) is 0 Å². The van der Waals surface area contributed by atoms with Crippen molar-refractivity contribution in [3.8, 4) is 17.0 Å². The number of H-pyrrole nitrogens is 1. The van der Waals surface area contributed by atoms with Gasteiger partial charge in [-0.1, -0.05) is 0 Å². The van der Waals surface area contributed by atoms with Crippen molar-refractivity contribution in [2.45, 2.75) is 11.8 Å². The number of methoxy groups -OCH3 is 1. The van der Waals surface area contributed by atoms with Gasteiger partial charge in [0.15, 0.2) is 15.5 Å². The molecule has 0 fully saturated rings. The van der Waals surface area contributed by atoms with E-state index in [1.807, 2.05) is 0 Å². The molecule has 0 unspecified atom stereocenters. The maximum Gasteiger partial charge on any atom is 0.361 e. The van der Waals surface area contributed by atoms with Crippen LogP contribution < -0.4 is 4.74 Å². The van der Waals surface area contributed by atoms with Gasteiger partial charge in [0.1, 0.15) is 11.4 Å². The Morgan fingerprint density at radius 2 is 2.05 bits per heavy atom. The highest BCUT2D eigenvalue weighted by Gasteiger charge is 2.24. The number of nitrogens with one attached hydrogen (secondary N) is 1. The van der Waals surface area contributed by atoms with Crippen LogP contribution in [0.1, 0.15) is 17.4 Å². The van der Waals surface area contributed by atoms with Crippen LogP contribution in [-0.4, -0.2) is 49.8 Å². The smallest absolute Gasteiger partial charge is 0.361 e. The molecule has 0 bridgehead atoms. The van der Waals surface area contributed by atoms with Crippen LogP contribution in [0.15, 0.2) is 23.1 Å². The number of hydrogen-bond acceptors (Lipinski definition) is 7. The molecular formula is C13H15N3O5S. The lowest BCUT2D eigenvalue weighted by atomic mass is 10.1. The predicted octanol–water partition coefficient (Wildman–Crippen LogP) is 1.06. The number of esters is 1. The molecule has 2 aromatic rings. The minimum atomic E-state index is -3.56. The minimum Gasteiger partial charge on any atom is -0.497 e. The highest BCUT2D eigenvalue weighted by molar-refractivity contribution is 7.90. The Hall–Kier alpha value is -2.42. The van der Waals surface area contributed by atoms with Crippen LogP contribution in [0, 0.1) is 0 Å². The molecule has 2 rings (SSSR count). The number of aromatic amines is 1. The number of benzene rings is 1. The van der Waals surface area contributed by atoms with Gasteiger partial charge < -0.3 is 9.47 Å². The van der Waals surface area contributed by atoms with Crippen molar-refractivity contribution < 1.29 is 22.7 Å². The van der Waals surface area contributed by atoms with Gasteiger partial charge in [-0.3, -0.25) is 0 Å². The molecule has 0 saturated heterocycles. The first kappa shape index (κ1) is 16.0. The van der Waals surface area contributed by atoms with E-state index >= 15 is 0 Å². The fourth-order valence-corrected chi connectivity index (χ4v) is 2.79. The zero-order valence-electron chi connectivity index (χ0n) is 12.3. The second kappa shape index (κ2) is 6.14. The number of ether oxygens (including phenoxy) is 2. The van der Waals surface area contributed by atoms with E-state index in [2.05, 4.69) is 15.4 Å². The molecule has 0 spiro atoms. The van der Waals surface area contributed by atoms with Crippen LogP contribution in [0.25, 0.3) is 11.3 Å².